The van der Waals surface area contributed by atoms with Crippen LogP contribution in [0.15, 0.2) is 24.3 Å². The van der Waals surface area contributed by atoms with Crippen LogP contribution in [0.4, 0.5) is 0 Å². The van der Waals surface area contributed by atoms with Gasteiger partial charge in [0.25, 0.3) is 0 Å². The number of rotatable bonds is 1. The van der Waals surface area contributed by atoms with Gasteiger partial charge in [-0.3, -0.25) is 0 Å². The molecule has 0 amide bonds. The van der Waals surface area contributed by atoms with Crippen molar-refractivity contribution in [3.05, 3.63) is 34.3 Å². The van der Waals surface area contributed by atoms with Gasteiger partial charge >= 0.3 is 0 Å². The van der Waals surface area contributed by atoms with E-state index in [2.05, 4.69) is 0 Å². The second-order valence-corrected chi connectivity index (χ2v) is 2.89. The van der Waals surface area contributed by atoms with Gasteiger partial charge in [-0.05, 0) is 18.2 Å². The molecule has 0 radical (unpaired) electrons. The van der Waals surface area contributed by atoms with E-state index in [-0.39, 0.29) is 0 Å². The number of benzene rings is 1. The highest BCUT2D eigenvalue weighted by Gasteiger charge is 1.84. The summed E-state index contributed by atoms with van der Waals surface area (Å²) in [5.41, 5.74) is 0. The molecular weight excluding hydrogens is 195 g/mol. The molecule has 0 unspecified atom stereocenters. The highest BCUT2D eigenvalue weighted by Crippen LogP contribution is 2.13. The van der Waals surface area contributed by atoms with Crippen molar-refractivity contribution in [2.75, 3.05) is 0 Å². The molecule has 0 spiro atoms. The summed E-state index contributed by atoms with van der Waals surface area (Å²) in [6, 6.07) is 7.08. The predicted molar refractivity (Wildman–Crippen MR) is 52.8 cm³/mol. The van der Waals surface area contributed by atoms with Crippen molar-refractivity contribution < 1.29 is 4.79 Å². The average molecular weight is 205 g/mol. The maximum Gasteiger partial charge on any atom is 0.119 e. The van der Waals surface area contributed by atoms with Crippen LogP contribution in [0.2, 0.25) is 10.0 Å². The van der Waals surface area contributed by atoms with Gasteiger partial charge in [-0.2, -0.15) is 0 Å². The third-order valence-electron chi connectivity index (χ3n) is 0.953. The first-order valence-corrected chi connectivity index (χ1v) is 4.31. The summed E-state index contributed by atoms with van der Waals surface area (Å²) in [5, 5.41) is 1.36. The van der Waals surface area contributed by atoms with Crippen molar-refractivity contribution in [2.45, 2.75) is 13.3 Å². The smallest absolute Gasteiger partial charge is 0.119 e. The summed E-state index contributed by atoms with van der Waals surface area (Å²) < 4.78 is 0. The van der Waals surface area contributed by atoms with Gasteiger partial charge in [-0.15, -0.1) is 0 Å². The van der Waals surface area contributed by atoms with E-state index >= 15 is 0 Å². The maximum absolute atomic E-state index is 9.17. The van der Waals surface area contributed by atoms with E-state index in [9.17, 15) is 4.79 Å². The highest BCUT2D eigenvalue weighted by atomic mass is 35.5. The quantitative estimate of drug-likeness (QED) is 0.640. The largest absolute Gasteiger partial charge is 0.303 e. The van der Waals surface area contributed by atoms with Crippen LogP contribution in [-0.4, -0.2) is 6.29 Å². The lowest BCUT2D eigenvalue weighted by Gasteiger charge is -1.86. The fourth-order valence-electron chi connectivity index (χ4n) is 0.460. The molecule has 1 aromatic rings. The molecule has 0 aliphatic carbocycles. The van der Waals surface area contributed by atoms with E-state index < -0.39 is 0 Å². The van der Waals surface area contributed by atoms with Crippen molar-refractivity contribution >= 4 is 29.5 Å². The molecule has 0 heterocycles. The van der Waals surface area contributed by atoms with Gasteiger partial charge in [0, 0.05) is 16.5 Å². The monoisotopic (exact) mass is 204 g/mol. The van der Waals surface area contributed by atoms with Crippen LogP contribution in [-0.2, 0) is 4.79 Å². The number of carbonyl (C=O) groups excluding carboxylic acids is 1. The van der Waals surface area contributed by atoms with Crippen molar-refractivity contribution in [2.24, 2.45) is 0 Å². The Kier molecular flexibility index (Phi) is 6.82. The third kappa shape index (κ3) is 6.20. The standard InChI is InChI=1S/C6H4Cl2.C3H6O/c7-5-2-1-3-6(8)4-5;1-2-3-4/h1-4H;3H,2H2,1H3. The van der Waals surface area contributed by atoms with E-state index in [1.807, 2.05) is 13.0 Å². The Hall–Kier alpha value is -0.530. The van der Waals surface area contributed by atoms with Crippen LogP contribution in [0.1, 0.15) is 13.3 Å². The van der Waals surface area contributed by atoms with E-state index in [0.717, 1.165) is 6.29 Å². The zero-order valence-electron chi connectivity index (χ0n) is 6.76. The molecule has 66 valence electrons. The highest BCUT2D eigenvalue weighted by molar-refractivity contribution is 6.34. The van der Waals surface area contributed by atoms with Crippen molar-refractivity contribution in [3.8, 4) is 0 Å². The molecule has 0 aliphatic heterocycles. The predicted octanol–water partition coefficient (Wildman–Crippen LogP) is 3.59. The molecule has 0 saturated heterocycles. The first-order chi connectivity index (χ1) is 5.70. The molecule has 3 heteroatoms. The van der Waals surface area contributed by atoms with Crippen LogP contribution < -0.4 is 0 Å². The fourth-order valence-corrected chi connectivity index (χ4v) is 0.896. The molecule has 0 N–H and O–H groups in total. The topological polar surface area (TPSA) is 17.1 Å². The molecule has 1 rings (SSSR count). The van der Waals surface area contributed by atoms with Gasteiger partial charge < -0.3 is 4.79 Å². The summed E-state index contributed by atoms with van der Waals surface area (Å²) in [6.07, 6.45) is 1.51. The minimum absolute atomic E-state index is 0.639. The molecule has 12 heavy (non-hydrogen) atoms. The van der Waals surface area contributed by atoms with Gasteiger partial charge in [-0.25, -0.2) is 0 Å². The lowest BCUT2D eigenvalue weighted by molar-refractivity contribution is -0.107. The summed E-state index contributed by atoms with van der Waals surface area (Å²) >= 11 is 11.1. The number of hydrogen-bond donors (Lipinski definition) is 0. The van der Waals surface area contributed by atoms with Gasteiger partial charge in [0.1, 0.15) is 6.29 Å². The summed E-state index contributed by atoms with van der Waals surface area (Å²) in [5.74, 6) is 0. The molecule has 0 bridgehead atoms. The molecule has 0 aliphatic rings. The minimum atomic E-state index is 0.639. The first-order valence-electron chi connectivity index (χ1n) is 3.55. The second kappa shape index (κ2) is 7.14. The third-order valence-corrected chi connectivity index (χ3v) is 1.42. The van der Waals surface area contributed by atoms with Gasteiger partial charge in [-0.1, -0.05) is 36.2 Å². The minimum Gasteiger partial charge on any atom is -0.303 e. The Morgan fingerprint density at radius 1 is 1.33 bits per heavy atom. The Labute approximate surface area is 82.3 Å². The van der Waals surface area contributed by atoms with E-state index in [1.165, 1.54) is 0 Å². The fraction of sp³-hybridized carbons (Fsp3) is 0.222. The second-order valence-electron chi connectivity index (χ2n) is 2.01. The number of aldehydes is 1. The number of carbonyl (C=O) groups is 1. The molecule has 0 saturated carbocycles. The van der Waals surface area contributed by atoms with Gasteiger partial charge in [0.05, 0.1) is 0 Å². The Morgan fingerprint density at radius 2 is 1.75 bits per heavy atom. The van der Waals surface area contributed by atoms with E-state index in [1.54, 1.807) is 18.2 Å². The zero-order chi connectivity index (χ0) is 9.40. The molecular formula is C9H10Cl2O. The van der Waals surface area contributed by atoms with Crippen molar-refractivity contribution in [1.29, 1.82) is 0 Å². The number of hydrogen-bond acceptors (Lipinski definition) is 1. The average Bonchev–Trinajstić information content (AvgIpc) is 2.04. The van der Waals surface area contributed by atoms with E-state index in [0.29, 0.717) is 16.5 Å². The Balaban J connectivity index is 0.000000261. The lowest BCUT2D eigenvalue weighted by atomic mass is 10.4. The number of halogens is 2. The summed E-state index contributed by atoms with van der Waals surface area (Å²) in [6.45, 7) is 1.81. The van der Waals surface area contributed by atoms with Crippen molar-refractivity contribution in [3.63, 3.8) is 0 Å². The maximum atomic E-state index is 9.17. The zero-order valence-corrected chi connectivity index (χ0v) is 8.27. The van der Waals surface area contributed by atoms with E-state index in [4.69, 9.17) is 23.2 Å². The molecule has 1 nitrogen and oxygen atoms in total. The summed E-state index contributed by atoms with van der Waals surface area (Å²) in [4.78, 5) is 9.17. The normalized spacial score (nSPS) is 8.25. The van der Waals surface area contributed by atoms with Crippen LogP contribution >= 0.6 is 23.2 Å². The van der Waals surface area contributed by atoms with Crippen LogP contribution in [0, 0.1) is 0 Å². The SMILES string of the molecule is CCC=O.Clc1cccc(Cl)c1. The van der Waals surface area contributed by atoms with Gasteiger partial charge in [0.2, 0.25) is 0 Å². The Morgan fingerprint density at radius 3 is 1.92 bits per heavy atom. The van der Waals surface area contributed by atoms with Crippen LogP contribution in [0.3, 0.4) is 0 Å². The van der Waals surface area contributed by atoms with Crippen LogP contribution in [0.5, 0.6) is 0 Å². The molecule has 0 fully saturated rings. The van der Waals surface area contributed by atoms with Crippen LogP contribution in [0.25, 0.3) is 0 Å². The van der Waals surface area contributed by atoms with Gasteiger partial charge in [0.15, 0.2) is 0 Å². The molecule has 1 aromatic carbocycles. The first kappa shape index (κ1) is 11.5. The summed E-state index contributed by atoms with van der Waals surface area (Å²) in [7, 11) is 0. The lowest BCUT2D eigenvalue weighted by Crippen LogP contribution is -1.61. The molecule has 0 aromatic heterocycles. The Bertz CT molecular complexity index is 218. The van der Waals surface area contributed by atoms with Crippen molar-refractivity contribution in [1.82, 2.24) is 0 Å². The molecule has 0 atom stereocenters.